The van der Waals surface area contributed by atoms with Gasteiger partial charge in [0.15, 0.2) is 24.2 Å². The van der Waals surface area contributed by atoms with Crippen molar-refractivity contribution in [2.45, 2.75) is 192 Å². The number of benzene rings is 2. The van der Waals surface area contributed by atoms with Gasteiger partial charge in [-0.15, -0.1) is 0 Å². The molecule has 0 spiro atoms. The molecule has 1 aliphatic heterocycles. The number of primary amides is 1. The van der Waals surface area contributed by atoms with E-state index in [1.165, 1.54) is 56.3 Å². The second kappa shape index (κ2) is 46.5. The third-order valence-corrected chi connectivity index (χ3v) is 15.6. The van der Waals surface area contributed by atoms with E-state index in [4.69, 9.17) is 52.2 Å². The molecule has 110 heavy (non-hydrogen) atoms. The van der Waals surface area contributed by atoms with Crippen molar-refractivity contribution < 1.29 is 138 Å². The lowest BCUT2D eigenvalue weighted by molar-refractivity contribution is -0.193. The summed E-state index contributed by atoms with van der Waals surface area (Å²) < 4.78 is 74.6. The minimum absolute atomic E-state index is 0.0270. The van der Waals surface area contributed by atoms with Crippen LogP contribution in [0.3, 0.4) is 0 Å². The molecule has 3 rings (SSSR count). The van der Waals surface area contributed by atoms with Gasteiger partial charge in [0.2, 0.25) is 65.0 Å². The molecule has 2 aromatic rings. The van der Waals surface area contributed by atoms with E-state index in [1.54, 1.807) is 59.7 Å². The lowest BCUT2D eigenvalue weighted by Gasteiger charge is -2.33. The Morgan fingerprint density at radius 1 is 0.627 bits per heavy atom. The molecule has 44 heteroatoms. The molecule has 15 atom stereocenters. The van der Waals surface area contributed by atoms with Gasteiger partial charge in [-0.25, -0.2) is 19.2 Å². The van der Waals surface area contributed by atoms with E-state index >= 15 is 4.79 Å². The number of aliphatic carboxylic acids is 2. The number of nitrogens with one attached hydrogen (secondary N) is 10. The molecule has 616 valence electrons. The fourth-order valence-corrected chi connectivity index (χ4v) is 9.53. The van der Waals surface area contributed by atoms with Crippen molar-refractivity contribution >= 4 is 94.8 Å². The molecule has 1 saturated heterocycles. The van der Waals surface area contributed by atoms with Crippen LogP contribution >= 0.6 is 0 Å². The molecular weight excluding hydrogens is 1480 g/mol. The Balaban J connectivity index is 0.00000391. The minimum atomic E-state index is -5.08. The maximum absolute atomic E-state index is 15.4. The van der Waals surface area contributed by atoms with Gasteiger partial charge < -0.3 is 116 Å². The summed E-state index contributed by atoms with van der Waals surface area (Å²) in [5.41, 5.74) is 22.6. The number of aliphatic imine (C=N–C) groups is 1. The van der Waals surface area contributed by atoms with Crippen LogP contribution in [0.2, 0.25) is 0 Å². The highest BCUT2D eigenvalue weighted by atomic mass is 19.4. The zero-order valence-electron chi connectivity index (χ0n) is 61.2. The molecule has 0 aromatic heterocycles. The first-order valence-electron chi connectivity index (χ1n) is 33.8. The number of hydrogen-bond acceptors (Lipinski definition) is 23. The number of alkyl halides is 6. The number of carbonyl (C=O) groups excluding carboxylic acids is 13. The van der Waals surface area contributed by atoms with Gasteiger partial charge in [-0.2, -0.15) is 26.3 Å². The predicted molar refractivity (Wildman–Crippen MR) is 371 cm³/mol. The SMILES string of the molecule is CC[C@H](C)C1NC(=O)[C@@H](CCCN=C(N)N)NC(=O)[C@H](CC(C)C)NC(=O)[C@H]([C@H](O)C(C)C)NC(=O)[C@@H](NC(=O)[C@H](CC(C)C)NC(=O)[C@H](N)COC(=O)c2ccccc2)[C@@H](c2ccccc2)OC(=O)[C@H](CO)NC(=O)[C@H]([C@H](O)C(N)=O)NC(=O)CNC(=O)C([C@H](C)O)NC1=O.O=C(O)C(F)(F)F.O=C(O)C(F)(F)F. The van der Waals surface area contributed by atoms with Crippen LogP contribution < -0.4 is 76.1 Å². The maximum atomic E-state index is 15.4. The number of carboxylic acids is 2. The fraction of sp³-hybridized carbons (Fsp3) is 0.576. The summed E-state index contributed by atoms with van der Waals surface area (Å²) in [5, 5.41) is 82.1. The van der Waals surface area contributed by atoms with Gasteiger partial charge in [0.25, 0.3) is 0 Å². The summed E-state index contributed by atoms with van der Waals surface area (Å²) in [4.78, 5) is 205. The van der Waals surface area contributed by atoms with E-state index in [9.17, 15) is 104 Å². The number of carboxylic acid groups (broad SMARTS) is 2. The molecule has 38 nitrogen and oxygen atoms in total. The van der Waals surface area contributed by atoms with Gasteiger partial charge in [-0.05, 0) is 74.0 Å². The van der Waals surface area contributed by atoms with E-state index in [-0.39, 0.29) is 55.7 Å². The van der Waals surface area contributed by atoms with Crippen LogP contribution in [-0.4, -0.2) is 243 Å². The van der Waals surface area contributed by atoms with E-state index < -0.39 is 229 Å². The normalized spacial score (nSPS) is 22.1. The Labute approximate surface area is 625 Å². The molecule has 0 aliphatic carbocycles. The lowest BCUT2D eigenvalue weighted by atomic mass is 9.95. The summed E-state index contributed by atoms with van der Waals surface area (Å²) in [7, 11) is 0. The number of esters is 2. The molecule has 11 amide bonds. The second-order valence-corrected chi connectivity index (χ2v) is 26.0. The van der Waals surface area contributed by atoms with Crippen molar-refractivity contribution in [2.75, 3.05) is 26.3 Å². The molecule has 2 aromatic carbocycles. The highest BCUT2D eigenvalue weighted by Gasteiger charge is 2.45. The summed E-state index contributed by atoms with van der Waals surface area (Å²) in [6.07, 6.45) is -18.8. The van der Waals surface area contributed by atoms with Crippen molar-refractivity contribution in [1.29, 1.82) is 0 Å². The Morgan fingerprint density at radius 3 is 1.60 bits per heavy atom. The molecule has 1 fully saturated rings. The van der Waals surface area contributed by atoms with Crippen LogP contribution in [0, 0.1) is 23.7 Å². The number of halogens is 6. The average molecular weight is 1580 g/mol. The fourth-order valence-electron chi connectivity index (χ4n) is 9.53. The number of nitrogens with two attached hydrogens (primary N) is 4. The zero-order valence-corrected chi connectivity index (χ0v) is 61.2. The summed E-state index contributed by atoms with van der Waals surface area (Å²) in [6.45, 7) is 10.7. The number of ether oxygens (including phenoxy) is 2. The number of aliphatic hydroxyl groups excluding tert-OH is 4. The Morgan fingerprint density at radius 2 is 1.12 bits per heavy atom. The standard InChI is InChI=1S/C62H95N15O19.2C2HF3O2/c1-10-32(8)42-56(89)75-43(33(9)79)55(88)68-26-41(80)73-45(48(82)50(64)83)58(91)72-40(27-78)61(94)96-49(34-18-13-11-14-19-34)46(77-54(87)39(25-30(4)5)70-51(84)36(63)28-95-60(93)35-20-15-12-16-21-35)59(92)76-44(47(81)31(6)7)57(90)71-38(24-29(2)3)53(86)69-37(52(85)74-42)22-17-23-67-62(65)66;2*3-2(4,5)1(6)7/h11-16,18-21,29-33,36-40,42-49,78-79,81-82H,10,17,22-28,63H2,1-9H3,(H2,64,83)(H,68,88)(H,69,86)(H,70,84)(H,71,90)(H,72,91)(H,73,80)(H,74,85)(H,75,89)(H,76,92)(H,77,87)(H4,65,66,67);2*(H,6,7)/t32-,33-,36+,37+,38-,39-,40-,42?,43?,44-,45-,46-,47+,48-,49+;;/m0../s1. The largest absolute Gasteiger partial charge is 0.490 e. The van der Waals surface area contributed by atoms with E-state index in [1.807, 2.05) is 10.6 Å². The number of rotatable bonds is 24. The average Bonchev–Trinajstić information content (AvgIpc) is 0.799. The van der Waals surface area contributed by atoms with Gasteiger partial charge >= 0.3 is 36.2 Å². The molecule has 0 radical (unpaired) electrons. The molecule has 1 aliphatic rings. The van der Waals surface area contributed by atoms with Crippen molar-refractivity contribution in [3.8, 4) is 0 Å². The van der Waals surface area contributed by atoms with Crippen LogP contribution in [0.15, 0.2) is 65.7 Å². The molecule has 24 N–H and O–H groups in total. The molecule has 1 heterocycles. The highest BCUT2D eigenvalue weighted by Crippen LogP contribution is 2.25. The van der Waals surface area contributed by atoms with Crippen LogP contribution in [0.5, 0.6) is 0 Å². The van der Waals surface area contributed by atoms with Gasteiger partial charge in [0, 0.05) is 6.54 Å². The zero-order chi connectivity index (χ0) is 84.4. The monoisotopic (exact) mass is 1580 g/mol. The number of amides is 11. The van der Waals surface area contributed by atoms with E-state index in [0.29, 0.717) is 0 Å². The summed E-state index contributed by atoms with van der Waals surface area (Å²) >= 11 is 0. The molecule has 0 bridgehead atoms. The first-order chi connectivity index (χ1) is 51.0. The van der Waals surface area contributed by atoms with E-state index in [2.05, 4.69) is 47.5 Å². The van der Waals surface area contributed by atoms with Crippen molar-refractivity contribution in [1.82, 2.24) is 53.2 Å². The lowest BCUT2D eigenvalue weighted by Crippen LogP contribution is -2.64. The number of nitrogens with zero attached hydrogens (tertiary/aromatic N) is 1. The number of cyclic esters (lactones) is 1. The topological polar surface area (TPSA) is 633 Å². The second-order valence-electron chi connectivity index (χ2n) is 26.0. The van der Waals surface area contributed by atoms with Crippen LogP contribution in [0.4, 0.5) is 26.3 Å². The Kier molecular flexibility index (Phi) is 41.1. The Bertz CT molecular complexity index is 3460. The van der Waals surface area contributed by atoms with Gasteiger partial charge in [-0.1, -0.05) is 110 Å². The van der Waals surface area contributed by atoms with Crippen LogP contribution in [-0.2, 0) is 76.6 Å². The first kappa shape index (κ1) is 97.2. The van der Waals surface area contributed by atoms with Gasteiger partial charge in [0.1, 0.15) is 61.0 Å². The number of hydrogen-bond donors (Lipinski definition) is 20. The number of guanidine groups is 1. The quantitative estimate of drug-likeness (QED) is 0.0155. The summed E-state index contributed by atoms with van der Waals surface area (Å²) in [6, 6.07) is -4.16. The van der Waals surface area contributed by atoms with Crippen molar-refractivity contribution in [3.05, 3.63) is 71.8 Å². The minimum Gasteiger partial charge on any atom is -0.475 e. The van der Waals surface area contributed by atoms with Gasteiger partial charge in [-0.3, -0.25) is 57.7 Å². The van der Waals surface area contributed by atoms with E-state index in [0.717, 1.165) is 6.92 Å². The molecular formula is C66H97F6N15O23. The first-order valence-corrected chi connectivity index (χ1v) is 33.8. The predicted octanol–water partition coefficient (Wildman–Crippen LogP) is -4.36. The molecule has 0 saturated carbocycles. The molecule has 2 unspecified atom stereocenters. The Hall–Kier alpha value is -10.9. The van der Waals surface area contributed by atoms with Crippen LogP contribution in [0.1, 0.15) is 116 Å². The summed E-state index contributed by atoms with van der Waals surface area (Å²) in [5.74, 6) is -24.4. The number of aliphatic hydroxyl groups is 4. The third-order valence-electron chi connectivity index (χ3n) is 15.6. The third kappa shape index (κ3) is 34.2. The number of carbonyl (C=O) groups is 15. The smallest absolute Gasteiger partial charge is 0.475 e. The van der Waals surface area contributed by atoms with Gasteiger partial charge in [0.05, 0.1) is 30.9 Å². The van der Waals surface area contributed by atoms with Crippen LogP contribution in [0.25, 0.3) is 0 Å². The highest BCUT2D eigenvalue weighted by molar-refractivity contribution is 6.00. The van der Waals surface area contributed by atoms with Crippen molar-refractivity contribution in [2.24, 2.45) is 51.6 Å². The van der Waals surface area contributed by atoms with Crippen molar-refractivity contribution in [3.63, 3.8) is 0 Å². The maximum Gasteiger partial charge on any atom is 0.490 e.